The molecule has 10 heteroatoms. The Morgan fingerprint density at radius 1 is 1.21 bits per heavy atom. The van der Waals surface area contributed by atoms with E-state index in [2.05, 4.69) is 15.7 Å². The smallest absolute Gasteiger partial charge is 0.410 e. The fourth-order valence-electron chi connectivity index (χ4n) is 3.88. The van der Waals surface area contributed by atoms with E-state index in [1.807, 2.05) is 30.3 Å². The van der Waals surface area contributed by atoms with Crippen LogP contribution >= 0.6 is 11.6 Å². The summed E-state index contributed by atoms with van der Waals surface area (Å²) in [6, 6.07) is 12.9. The second kappa shape index (κ2) is 8.97. The van der Waals surface area contributed by atoms with Crippen LogP contribution in [-0.4, -0.2) is 29.0 Å². The Morgan fingerprint density at radius 2 is 1.88 bits per heavy atom. The topological polar surface area (TPSA) is 68.2 Å². The van der Waals surface area contributed by atoms with E-state index >= 15 is 0 Å². The molecule has 1 aliphatic rings. The molecule has 0 saturated heterocycles. The maximum Gasteiger partial charge on any atom is 0.410 e. The number of rotatable bonds is 5. The zero-order valence-corrected chi connectivity index (χ0v) is 18.6. The number of methoxy groups -OCH3 is 1. The fraction of sp³-hybridized carbons (Fsp3) is 0.304. The molecule has 6 nitrogen and oxygen atoms in total. The quantitative estimate of drug-likeness (QED) is 0.494. The van der Waals surface area contributed by atoms with E-state index in [1.54, 1.807) is 31.2 Å². The third-order valence-electron chi connectivity index (χ3n) is 5.68. The lowest BCUT2D eigenvalue weighted by molar-refractivity contribution is -0.173. The standard InChI is InChI=1S/C23H22ClF3N4O2/c1-13(14-6-4-3-5-7-14)28-22(32)20-19(24)21-29-17(15-8-10-16(33-2)11-9-15)12-18(23(25,26)27)31(21)30-20/h3-11,13,17-18,29H,12H2,1-2H3,(H,28,32)/t13-,17-,18+/m1/s1. The first-order chi connectivity index (χ1) is 15.7. The molecule has 0 radical (unpaired) electrons. The van der Waals surface area contributed by atoms with E-state index in [9.17, 15) is 18.0 Å². The largest absolute Gasteiger partial charge is 0.497 e. The summed E-state index contributed by atoms with van der Waals surface area (Å²) >= 11 is 6.39. The van der Waals surface area contributed by atoms with Crippen LogP contribution in [0, 0.1) is 0 Å². The van der Waals surface area contributed by atoms with Crippen LogP contribution in [0.25, 0.3) is 0 Å². The number of aromatic nitrogens is 2. The third-order valence-corrected chi connectivity index (χ3v) is 6.03. The van der Waals surface area contributed by atoms with Crippen LogP contribution in [0.5, 0.6) is 5.75 Å². The molecule has 1 aliphatic heterocycles. The van der Waals surface area contributed by atoms with Crippen molar-refractivity contribution in [3.8, 4) is 5.75 Å². The van der Waals surface area contributed by atoms with E-state index in [4.69, 9.17) is 16.3 Å². The number of hydrogen-bond donors (Lipinski definition) is 2. The zero-order valence-electron chi connectivity index (χ0n) is 17.9. The van der Waals surface area contributed by atoms with Crippen molar-refractivity contribution < 1.29 is 22.7 Å². The highest BCUT2D eigenvalue weighted by Crippen LogP contribution is 2.46. The van der Waals surface area contributed by atoms with Gasteiger partial charge in [0.1, 0.15) is 16.6 Å². The lowest BCUT2D eigenvalue weighted by Crippen LogP contribution is -2.36. The number of amides is 1. The fourth-order valence-corrected chi connectivity index (χ4v) is 4.14. The van der Waals surface area contributed by atoms with Gasteiger partial charge in [-0.1, -0.05) is 54.1 Å². The van der Waals surface area contributed by atoms with Gasteiger partial charge in [0, 0.05) is 6.42 Å². The number of halogens is 4. The van der Waals surface area contributed by atoms with Crippen LogP contribution in [0.4, 0.5) is 19.0 Å². The third kappa shape index (κ3) is 4.64. The van der Waals surface area contributed by atoms with Gasteiger partial charge in [0.15, 0.2) is 11.7 Å². The lowest BCUT2D eigenvalue weighted by Gasteiger charge is -2.33. The van der Waals surface area contributed by atoms with Crippen molar-refractivity contribution in [3.05, 3.63) is 76.4 Å². The molecule has 1 amide bonds. The summed E-state index contributed by atoms with van der Waals surface area (Å²) in [6.07, 6.45) is -4.88. The number of alkyl halides is 3. The van der Waals surface area contributed by atoms with E-state index in [0.29, 0.717) is 11.3 Å². The molecule has 0 unspecified atom stereocenters. The van der Waals surface area contributed by atoms with E-state index in [-0.39, 0.29) is 29.0 Å². The average molecular weight is 479 g/mol. The molecule has 2 heterocycles. The number of nitrogens with zero attached hydrogens (tertiary/aromatic N) is 2. The number of benzene rings is 2. The first-order valence-electron chi connectivity index (χ1n) is 10.3. The minimum atomic E-state index is -4.58. The van der Waals surface area contributed by atoms with Crippen LogP contribution in [0.1, 0.15) is 53.1 Å². The Bertz CT molecular complexity index is 1130. The van der Waals surface area contributed by atoms with Gasteiger partial charge in [-0.05, 0) is 30.2 Å². The number of nitrogens with one attached hydrogen (secondary N) is 2. The summed E-state index contributed by atoms with van der Waals surface area (Å²) in [4.78, 5) is 12.9. The Kier molecular flexibility index (Phi) is 6.25. The highest BCUT2D eigenvalue weighted by atomic mass is 35.5. The zero-order chi connectivity index (χ0) is 23.8. The Morgan fingerprint density at radius 3 is 2.48 bits per heavy atom. The van der Waals surface area contributed by atoms with Crippen LogP contribution in [-0.2, 0) is 0 Å². The predicted molar refractivity (Wildman–Crippen MR) is 119 cm³/mol. The predicted octanol–water partition coefficient (Wildman–Crippen LogP) is 5.70. The van der Waals surface area contributed by atoms with E-state index < -0.39 is 24.2 Å². The molecule has 2 aromatic carbocycles. The number of hydrogen-bond acceptors (Lipinski definition) is 4. The minimum absolute atomic E-state index is 0.0384. The summed E-state index contributed by atoms with van der Waals surface area (Å²) in [5, 5.41) is 9.60. The summed E-state index contributed by atoms with van der Waals surface area (Å²) in [6.45, 7) is 1.77. The molecule has 0 fully saturated rings. The van der Waals surface area contributed by atoms with Crippen LogP contribution in [0.2, 0.25) is 5.02 Å². The Hall–Kier alpha value is -3.20. The second-order valence-electron chi connectivity index (χ2n) is 7.82. The van der Waals surface area contributed by atoms with Crippen molar-refractivity contribution in [1.29, 1.82) is 0 Å². The molecule has 3 aromatic rings. The van der Waals surface area contributed by atoms with Crippen LogP contribution in [0.3, 0.4) is 0 Å². The Balaban J connectivity index is 1.65. The number of fused-ring (bicyclic) bond motifs is 1. The number of carbonyl (C=O) groups excluding carboxylic acids is 1. The van der Waals surface area contributed by atoms with Gasteiger partial charge in [0.2, 0.25) is 0 Å². The summed E-state index contributed by atoms with van der Waals surface area (Å²) < 4.78 is 47.7. The van der Waals surface area contributed by atoms with Gasteiger partial charge < -0.3 is 15.4 Å². The first-order valence-corrected chi connectivity index (χ1v) is 10.7. The van der Waals surface area contributed by atoms with Crippen molar-refractivity contribution in [2.75, 3.05) is 12.4 Å². The van der Waals surface area contributed by atoms with Crippen molar-refractivity contribution in [2.24, 2.45) is 0 Å². The van der Waals surface area contributed by atoms with Gasteiger partial charge in [-0.15, -0.1) is 0 Å². The lowest BCUT2D eigenvalue weighted by atomic mass is 9.97. The van der Waals surface area contributed by atoms with Crippen molar-refractivity contribution in [2.45, 2.75) is 37.6 Å². The first kappa shape index (κ1) is 23.0. The van der Waals surface area contributed by atoms with Crippen LogP contribution < -0.4 is 15.4 Å². The highest BCUT2D eigenvalue weighted by Gasteiger charge is 2.47. The van der Waals surface area contributed by atoms with Crippen molar-refractivity contribution in [1.82, 2.24) is 15.1 Å². The SMILES string of the molecule is COc1ccc([C@H]2C[C@@H](C(F)(F)F)n3nc(C(=O)N[C@H](C)c4ccccc4)c(Cl)c3N2)cc1. The van der Waals surface area contributed by atoms with Crippen molar-refractivity contribution >= 4 is 23.3 Å². The number of anilines is 1. The normalized spacial score (nSPS) is 18.7. The molecule has 0 aliphatic carbocycles. The molecule has 1 aromatic heterocycles. The monoisotopic (exact) mass is 478 g/mol. The molecule has 2 N–H and O–H groups in total. The van der Waals surface area contributed by atoms with E-state index in [0.717, 1.165) is 10.2 Å². The molecular formula is C23H22ClF3N4O2. The Labute approximate surface area is 193 Å². The van der Waals surface area contributed by atoms with Gasteiger partial charge in [-0.2, -0.15) is 18.3 Å². The second-order valence-corrected chi connectivity index (χ2v) is 8.20. The molecule has 3 atom stereocenters. The van der Waals surface area contributed by atoms with Gasteiger partial charge >= 0.3 is 6.18 Å². The molecular weight excluding hydrogens is 457 g/mol. The molecule has 0 saturated carbocycles. The molecule has 4 rings (SSSR count). The number of ether oxygens (including phenoxy) is 1. The maximum absolute atomic E-state index is 13.9. The minimum Gasteiger partial charge on any atom is -0.497 e. The molecule has 0 bridgehead atoms. The molecule has 0 spiro atoms. The summed E-state index contributed by atoms with van der Waals surface area (Å²) in [7, 11) is 1.51. The van der Waals surface area contributed by atoms with Gasteiger partial charge in [-0.3, -0.25) is 4.79 Å². The van der Waals surface area contributed by atoms with Crippen molar-refractivity contribution in [3.63, 3.8) is 0 Å². The molecule has 33 heavy (non-hydrogen) atoms. The maximum atomic E-state index is 13.9. The summed E-state index contributed by atoms with van der Waals surface area (Å²) in [5.74, 6) is -0.0953. The van der Waals surface area contributed by atoms with Gasteiger partial charge in [-0.25, -0.2) is 4.68 Å². The average Bonchev–Trinajstić information content (AvgIpc) is 3.15. The summed E-state index contributed by atoms with van der Waals surface area (Å²) in [5.41, 5.74) is 1.22. The van der Waals surface area contributed by atoms with E-state index in [1.165, 1.54) is 7.11 Å². The molecule has 174 valence electrons. The van der Waals surface area contributed by atoms with Crippen LogP contribution in [0.15, 0.2) is 54.6 Å². The number of carbonyl (C=O) groups is 1. The van der Waals surface area contributed by atoms with Gasteiger partial charge in [0.05, 0.1) is 19.2 Å². The highest BCUT2D eigenvalue weighted by molar-refractivity contribution is 6.36. The van der Waals surface area contributed by atoms with Gasteiger partial charge in [0.25, 0.3) is 5.91 Å².